The first kappa shape index (κ1) is 15.6. The van der Waals surface area contributed by atoms with Crippen molar-refractivity contribution in [3.63, 3.8) is 0 Å². The van der Waals surface area contributed by atoms with E-state index in [-0.39, 0.29) is 25.3 Å². The van der Waals surface area contributed by atoms with Crippen LogP contribution in [0.2, 0.25) is 0 Å². The summed E-state index contributed by atoms with van der Waals surface area (Å²) in [7, 11) is -3.71. The van der Waals surface area contributed by atoms with Crippen LogP contribution in [0, 0.1) is 0 Å². The van der Waals surface area contributed by atoms with Gasteiger partial charge in [-0.05, 0) is 26.7 Å². The quantitative estimate of drug-likeness (QED) is 0.727. The van der Waals surface area contributed by atoms with Crippen molar-refractivity contribution in [2.24, 2.45) is 5.73 Å². The van der Waals surface area contributed by atoms with Crippen molar-refractivity contribution in [1.82, 2.24) is 5.32 Å². The Labute approximate surface area is 108 Å². The summed E-state index contributed by atoms with van der Waals surface area (Å²) in [5.41, 5.74) is 5.26. The maximum absolute atomic E-state index is 12.2. The second-order valence-corrected chi connectivity index (χ2v) is 6.25. The van der Waals surface area contributed by atoms with Crippen molar-refractivity contribution in [1.29, 1.82) is 0 Å². The van der Waals surface area contributed by atoms with Gasteiger partial charge in [0, 0.05) is 12.1 Å². The molecule has 0 spiro atoms. The lowest BCUT2D eigenvalue weighted by Crippen LogP contribution is -2.49. The van der Waals surface area contributed by atoms with Crippen molar-refractivity contribution in [3.05, 3.63) is 0 Å². The predicted molar refractivity (Wildman–Crippen MR) is 69.6 cm³/mol. The van der Waals surface area contributed by atoms with Gasteiger partial charge in [-0.25, -0.2) is 4.57 Å². The summed E-state index contributed by atoms with van der Waals surface area (Å²) in [5, 5.41) is 2.70. The second kappa shape index (κ2) is 7.24. The zero-order valence-corrected chi connectivity index (χ0v) is 11.9. The first-order valence-corrected chi connectivity index (χ1v) is 8.03. The minimum absolute atomic E-state index is 0.0839. The predicted octanol–water partition coefficient (Wildman–Crippen LogP) is 2.23. The number of rotatable bonds is 6. The van der Waals surface area contributed by atoms with E-state index in [9.17, 15) is 9.36 Å². The molecule has 1 amide bonds. The molecule has 18 heavy (non-hydrogen) atoms. The van der Waals surface area contributed by atoms with Gasteiger partial charge < -0.3 is 20.1 Å². The molecule has 6 nitrogen and oxygen atoms in total. The van der Waals surface area contributed by atoms with E-state index in [1.54, 1.807) is 13.8 Å². The fraction of sp³-hybridized carbons (Fsp3) is 0.909. The molecule has 7 heteroatoms. The first-order valence-electron chi connectivity index (χ1n) is 6.49. The molecular weight excluding hydrogens is 255 g/mol. The van der Waals surface area contributed by atoms with Gasteiger partial charge in [-0.15, -0.1) is 0 Å². The van der Waals surface area contributed by atoms with Gasteiger partial charge >= 0.3 is 13.2 Å². The minimum Gasteiger partial charge on any atom is -0.341 e. The summed E-state index contributed by atoms with van der Waals surface area (Å²) in [6.07, 6.45) is 3.78. The summed E-state index contributed by atoms with van der Waals surface area (Å²) in [4.78, 5) is 12.0. The fourth-order valence-corrected chi connectivity index (χ4v) is 3.38. The van der Waals surface area contributed by atoms with Crippen molar-refractivity contribution in [2.75, 3.05) is 13.2 Å². The van der Waals surface area contributed by atoms with Crippen molar-refractivity contribution in [2.45, 2.75) is 51.6 Å². The van der Waals surface area contributed by atoms with Crippen LogP contribution in [0.1, 0.15) is 39.5 Å². The molecule has 106 valence electrons. The maximum Gasteiger partial charge on any atom is 0.418 e. The summed E-state index contributed by atoms with van der Waals surface area (Å²) >= 11 is 0. The van der Waals surface area contributed by atoms with Gasteiger partial charge in [0.25, 0.3) is 0 Å². The molecule has 1 aliphatic rings. The molecule has 0 aromatic carbocycles. The SMILES string of the molecule is CCOP(=O)(OCC)C(=O)N[C@@H]1CCCC[C@H]1N. The van der Waals surface area contributed by atoms with E-state index < -0.39 is 13.2 Å². The normalized spacial score (nSPS) is 24.8. The number of nitrogens with two attached hydrogens (primary N) is 1. The Balaban J connectivity index is 2.63. The molecule has 1 fully saturated rings. The van der Waals surface area contributed by atoms with E-state index >= 15 is 0 Å². The number of carbonyl (C=O) groups excluding carboxylic acids is 1. The summed E-state index contributed by atoms with van der Waals surface area (Å²) < 4.78 is 22.2. The molecule has 1 saturated carbocycles. The van der Waals surface area contributed by atoms with E-state index in [1.165, 1.54) is 0 Å². The molecule has 3 N–H and O–H groups in total. The van der Waals surface area contributed by atoms with Crippen LogP contribution in [0.15, 0.2) is 0 Å². The standard InChI is InChI=1S/C11H23N2O4P/c1-3-16-18(15,17-4-2)11(14)13-10-8-6-5-7-9(10)12/h9-10H,3-8,12H2,1-2H3,(H,13,14)/t9-,10-/m1/s1. The van der Waals surface area contributed by atoms with E-state index in [2.05, 4.69) is 5.32 Å². The Hall–Kier alpha value is -0.420. The van der Waals surface area contributed by atoms with Gasteiger partial charge in [-0.3, -0.25) is 4.79 Å². The fourth-order valence-electron chi connectivity index (χ4n) is 2.07. The third-order valence-corrected chi connectivity index (χ3v) is 4.80. The van der Waals surface area contributed by atoms with Crippen molar-refractivity contribution < 1.29 is 18.4 Å². The lowest BCUT2D eigenvalue weighted by Gasteiger charge is -2.30. The van der Waals surface area contributed by atoms with Crippen LogP contribution in [0.25, 0.3) is 0 Å². The highest BCUT2D eigenvalue weighted by atomic mass is 31.2. The smallest absolute Gasteiger partial charge is 0.341 e. The molecule has 1 aliphatic carbocycles. The van der Waals surface area contributed by atoms with E-state index in [4.69, 9.17) is 14.8 Å². The van der Waals surface area contributed by atoms with Gasteiger partial charge in [0.2, 0.25) is 0 Å². The lowest BCUT2D eigenvalue weighted by molar-refractivity contribution is 0.202. The van der Waals surface area contributed by atoms with Crippen LogP contribution in [0.3, 0.4) is 0 Å². The molecule has 0 unspecified atom stereocenters. The third kappa shape index (κ3) is 4.05. The Morgan fingerprint density at radius 1 is 1.28 bits per heavy atom. The molecular formula is C11H23N2O4P. The highest BCUT2D eigenvalue weighted by Gasteiger charge is 2.37. The lowest BCUT2D eigenvalue weighted by atomic mass is 9.91. The van der Waals surface area contributed by atoms with Crippen LogP contribution >= 0.6 is 7.60 Å². The van der Waals surface area contributed by atoms with E-state index in [0.29, 0.717) is 0 Å². The van der Waals surface area contributed by atoms with Gasteiger partial charge in [-0.1, -0.05) is 12.8 Å². The summed E-state index contributed by atoms with van der Waals surface area (Å²) in [6.45, 7) is 3.68. The molecule has 0 radical (unpaired) electrons. The van der Waals surface area contributed by atoms with E-state index in [0.717, 1.165) is 25.7 Å². The number of hydrogen-bond acceptors (Lipinski definition) is 5. The zero-order chi connectivity index (χ0) is 13.6. The molecule has 0 heterocycles. The molecule has 2 atom stereocenters. The van der Waals surface area contributed by atoms with Gasteiger partial charge in [0.1, 0.15) is 0 Å². The van der Waals surface area contributed by atoms with Crippen LogP contribution in [-0.2, 0) is 13.6 Å². The topological polar surface area (TPSA) is 90.6 Å². The Bertz CT molecular complexity index is 314. The van der Waals surface area contributed by atoms with Crippen molar-refractivity contribution in [3.8, 4) is 0 Å². The largest absolute Gasteiger partial charge is 0.418 e. The van der Waals surface area contributed by atoms with Gasteiger partial charge in [-0.2, -0.15) is 0 Å². The average Bonchev–Trinajstić information content (AvgIpc) is 2.32. The summed E-state index contributed by atoms with van der Waals surface area (Å²) in [5.74, 6) is 0. The number of nitrogens with one attached hydrogen (secondary N) is 1. The Kier molecular flexibility index (Phi) is 6.29. The van der Waals surface area contributed by atoms with Crippen molar-refractivity contribution >= 4 is 13.2 Å². The molecule has 1 rings (SSSR count). The van der Waals surface area contributed by atoms with Crippen LogP contribution in [0.5, 0.6) is 0 Å². The average molecular weight is 278 g/mol. The third-order valence-electron chi connectivity index (χ3n) is 2.98. The monoisotopic (exact) mass is 278 g/mol. The molecule has 0 aliphatic heterocycles. The molecule has 0 aromatic rings. The van der Waals surface area contributed by atoms with Gasteiger partial charge in [0.05, 0.1) is 13.2 Å². The number of amides is 1. The summed E-state index contributed by atoms with van der Waals surface area (Å²) in [6, 6.07) is -0.222. The van der Waals surface area contributed by atoms with Crippen LogP contribution < -0.4 is 11.1 Å². The Morgan fingerprint density at radius 3 is 2.33 bits per heavy atom. The first-order chi connectivity index (χ1) is 8.53. The Morgan fingerprint density at radius 2 is 1.83 bits per heavy atom. The highest BCUT2D eigenvalue weighted by molar-refractivity contribution is 7.71. The molecule has 0 aromatic heterocycles. The second-order valence-electron chi connectivity index (χ2n) is 4.34. The number of hydrogen-bond donors (Lipinski definition) is 2. The number of carbonyl (C=O) groups is 1. The molecule has 0 saturated heterocycles. The zero-order valence-electron chi connectivity index (χ0n) is 11.1. The van der Waals surface area contributed by atoms with Crippen LogP contribution in [-0.4, -0.2) is 30.9 Å². The van der Waals surface area contributed by atoms with Crippen LogP contribution in [0.4, 0.5) is 4.79 Å². The minimum atomic E-state index is -3.71. The maximum atomic E-state index is 12.2. The van der Waals surface area contributed by atoms with Gasteiger partial charge in [0.15, 0.2) is 0 Å². The highest BCUT2D eigenvalue weighted by Crippen LogP contribution is 2.48. The van der Waals surface area contributed by atoms with E-state index in [1.807, 2.05) is 0 Å². The molecule has 0 bridgehead atoms.